The van der Waals surface area contributed by atoms with Crippen LogP contribution in [0.4, 0.5) is 5.69 Å². The molecular formula is C15H16BrN3O3S. The molecule has 0 aliphatic carbocycles. The molecule has 0 saturated carbocycles. The molecule has 23 heavy (non-hydrogen) atoms. The lowest BCUT2D eigenvalue weighted by Gasteiger charge is -2.12. The van der Waals surface area contributed by atoms with E-state index in [1.54, 1.807) is 50.5 Å². The Balaban J connectivity index is 2.14. The smallest absolute Gasteiger partial charge is 0.265 e. The second-order valence-electron chi connectivity index (χ2n) is 4.97. The fourth-order valence-corrected chi connectivity index (χ4v) is 3.11. The van der Waals surface area contributed by atoms with E-state index in [1.807, 2.05) is 0 Å². The van der Waals surface area contributed by atoms with E-state index in [-0.39, 0.29) is 10.8 Å². The van der Waals surface area contributed by atoms with E-state index in [0.717, 1.165) is 4.47 Å². The largest absolute Gasteiger partial charge is 0.285 e. The fraction of sp³-hybridized carbons (Fsp3) is 0.133. The molecule has 8 heteroatoms. The normalized spacial score (nSPS) is 11.3. The maximum absolute atomic E-state index is 12.3. The molecule has 122 valence electrons. The lowest BCUT2D eigenvalue weighted by molar-refractivity contribution is 0.0857. The zero-order valence-electron chi connectivity index (χ0n) is 12.6. The lowest BCUT2D eigenvalue weighted by atomic mass is 10.2. The number of nitrogens with one attached hydrogen (secondary N) is 2. The van der Waals surface area contributed by atoms with Crippen molar-refractivity contribution in [1.29, 1.82) is 0 Å². The van der Waals surface area contributed by atoms with Crippen molar-refractivity contribution in [2.75, 3.05) is 18.8 Å². The number of carbonyl (C=O) groups is 1. The maximum atomic E-state index is 12.3. The minimum atomic E-state index is -3.66. The monoisotopic (exact) mass is 397 g/mol. The minimum Gasteiger partial charge on any atom is -0.285 e. The second-order valence-corrected chi connectivity index (χ2v) is 7.57. The third-order valence-corrected chi connectivity index (χ3v) is 4.77. The molecule has 0 atom stereocenters. The van der Waals surface area contributed by atoms with Crippen LogP contribution in [0.2, 0.25) is 0 Å². The van der Waals surface area contributed by atoms with E-state index < -0.39 is 10.0 Å². The van der Waals surface area contributed by atoms with Crippen molar-refractivity contribution in [1.82, 2.24) is 10.4 Å². The number of hydrogen-bond acceptors (Lipinski definition) is 4. The summed E-state index contributed by atoms with van der Waals surface area (Å²) in [5.41, 5.74) is 3.43. The van der Waals surface area contributed by atoms with Crippen LogP contribution >= 0.6 is 15.9 Å². The Hall–Kier alpha value is -1.90. The second kappa shape index (κ2) is 7.12. The van der Waals surface area contributed by atoms with Crippen molar-refractivity contribution in [2.45, 2.75) is 4.90 Å². The first-order valence-electron chi connectivity index (χ1n) is 6.65. The van der Waals surface area contributed by atoms with Gasteiger partial charge < -0.3 is 0 Å². The Labute approximate surface area is 143 Å². The van der Waals surface area contributed by atoms with Gasteiger partial charge in [-0.05, 0) is 48.5 Å². The van der Waals surface area contributed by atoms with Crippen molar-refractivity contribution >= 4 is 37.5 Å². The van der Waals surface area contributed by atoms with Gasteiger partial charge in [0.05, 0.1) is 4.90 Å². The molecule has 0 fully saturated rings. The Kier molecular flexibility index (Phi) is 5.40. The van der Waals surface area contributed by atoms with Gasteiger partial charge in [0.25, 0.3) is 15.9 Å². The number of sulfonamides is 1. The van der Waals surface area contributed by atoms with Gasteiger partial charge in [-0.2, -0.15) is 0 Å². The predicted molar refractivity (Wildman–Crippen MR) is 92.5 cm³/mol. The van der Waals surface area contributed by atoms with E-state index in [4.69, 9.17) is 0 Å². The van der Waals surface area contributed by atoms with Crippen LogP contribution in [0.5, 0.6) is 0 Å². The van der Waals surface area contributed by atoms with Crippen LogP contribution < -0.4 is 10.1 Å². The first kappa shape index (κ1) is 17.5. The number of anilines is 1. The van der Waals surface area contributed by atoms with Gasteiger partial charge in [-0.15, -0.1) is 0 Å². The van der Waals surface area contributed by atoms with Crippen molar-refractivity contribution in [3.8, 4) is 0 Å². The van der Waals surface area contributed by atoms with Gasteiger partial charge in [0.1, 0.15) is 0 Å². The molecule has 2 rings (SSSR count). The van der Waals surface area contributed by atoms with E-state index in [0.29, 0.717) is 11.3 Å². The van der Waals surface area contributed by atoms with Crippen molar-refractivity contribution in [3.63, 3.8) is 0 Å². The molecule has 0 spiro atoms. The van der Waals surface area contributed by atoms with Crippen molar-refractivity contribution in [3.05, 3.63) is 58.6 Å². The number of hydrogen-bond donors (Lipinski definition) is 2. The highest BCUT2D eigenvalue weighted by molar-refractivity contribution is 9.10. The van der Waals surface area contributed by atoms with E-state index in [9.17, 15) is 13.2 Å². The highest BCUT2D eigenvalue weighted by Gasteiger charge is 2.14. The summed E-state index contributed by atoms with van der Waals surface area (Å²) in [7, 11) is -0.248. The topological polar surface area (TPSA) is 78.5 Å². The summed E-state index contributed by atoms with van der Waals surface area (Å²) < 4.78 is 27.8. The van der Waals surface area contributed by atoms with E-state index in [2.05, 4.69) is 26.1 Å². The van der Waals surface area contributed by atoms with Crippen LogP contribution in [-0.4, -0.2) is 33.4 Å². The number of benzene rings is 2. The third-order valence-electron chi connectivity index (χ3n) is 2.85. The number of carbonyl (C=O) groups excluding carboxylic acids is 1. The number of rotatable bonds is 5. The molecule has 2 N–H and O–H groups in total. The molecule has 0 bridgehead atoms. The van der Waals surface area contributed by atoms with Gasteiger partial charge in [-0.25, -0.2) is 13.4 Å². The molecule has 6 nitrogen and oxygen atoms in total. The molecule has 0 aliphatic heterocycles. The number of amides is 1. The maximum Gasteiger partial charge on any atom is 0.265 e. The van der Waals surface area contributed by atoms with Gasteiger partial charge in [0.2, 0.25) is 0 Å². The Morgan fingerprint density at radius 2 is 1.57 bits per heavy atom. The molecule has 2 aromatic carbocycles. The zero-order valence-corrected chi connectivity index (χ0v) is 15.0. The van der Waals surface area contributed by atoms with Crippen LogP contribution in [0.25, 0.3) is 0 Å². The average Bonchev–Trinajstić information content (AvgIpc) is 2.47. The van der Waals surface area contributed by atoms with Crippen LogP contribution in [0.1, 0.15) is 10.4 Å². The minimum absolute atomic E-state index is 0.162. The molecule has 0 aliphatic rings. The standard InChI is InChI=1S/C15H16BrN3O3S/c1-19(2)17-15(20)11-3-7-13(8-4-11)18-23(21,22)14-9-5-12(16)6-10-14/h3-10,18H,1-2H3,(H,17,20). The van der Waals surface area contributed by atoms with Crippen molar-refractivity contribution < 1.29 is 13.2 Å². The highest BCUT2D eigenvalue weighted by atomic mass is 79.9. The zero-order chi connectivity index (χ0) is 17.0. The van der Waals surface area contributed by atoms with Gasteiger partial charge >= 0.3 is 0 Å². The van der Waals surface area contributed by atoms with Crippen molar-refractivity contribution in [2.24, 2.45) is 0 Å². The van der Waals surface area contributed by atoms with Gasteiger partial charge in [0.15, 0.2) is 0 Å². The average molecular weight is 398 g/mol. The molecule has 0 radical (unpaired) electrons. The highest BCUT2D eigenvalue weighted by Crippen LogP contribution is 2.19. The van der Waals surface area contributed by atoms with Gasteiger partial charge in [-0.3, -0.25) is 14.9 Å². The summed E-state index contributed by atoms with van der Waals surface area (Å²) in [6, 6.07) is 12.5. The molecule has 0 aromatic heterocycles. The lowest BCUT2D eigenvalue weighted by Crippen LogP contribution is -2.36. The molecule has 0 saturated heterocycles. The third kappa shape index (κ3) is 4.78. The SMILES string of the molecule is CN(C)NC(=O)c1ccc(NS(=O)(=O)c2ccc(Br)cc2)cc1. The van der Waals surface area contributed by atoms with Crippen LogP contribution in [0.3, 0.4) is 0 Å². The molecule has 1 amide bonds. The number of hydrazine groups is 1. The predicted octanol–water partition coefficient (Wildman–Crippen LogP) is 2.46. The Bertz CT molecular complexity index is 788. The molecular weight excluding hydrogens is 382 g/mol. The summed E-state index contributed by atoms with van der Waals surface area (Å²) in [6.45, 7) is 0. The summed E-state index contributed by atoms with van der Waals surface area (Å²) in [5.74, 6) is -0.266. The summed E-state index contributed by atoms with van der Waals surface area (Å²) >= 11 is 3.26. The van der Waals surface area contributed by atoms with Crippen LogP contribution in [-0.2, 0) is 10.0 Å². The van der Waals surface area contributed by atoms with Crippen LogP contribution in [0.15, 0.2) is 57.9 Å². The fourth-order valence-electron chi connectivity index (χ4n) is 1.79. The van der Waals surface area contributed by atoms with E-state index >= 15 is 0 Å². The molecule has 0 unspecified atom stereocenters. The first-order valence-corrected chi connectivity index (χ1v) is 8.92. The molecule has 2 aromatic rings. The summed E-state index contributed by atoms with van der Waals surface area (Å²) in [6.07, 6.45) is 0. The van der Waals surface area contributed by atoms with Gasteiger partial charge in [-0.1, -0.05) is 15.9 Å². The Morgan fingerprint density at radius 3 is 2.09 bits per heavy atom. The first-order chi connectivity index (χ1) is 10.8. The van der Waals surface area contributed by atoms with E-state index in [1.165, 1.54) is 17.1 Å². The molecule has 0 heterocycles. The quantitative estimate of drug-likeness (QED) is 0.759. The summed E-state index contributed by atoms with van der Waals surface area (Å²) in [5, 5.41) is 1.53. The Morgan fingerprint density at radius 1 is 1.00 bits per heavy atom. The van der Waals surface area contributed by atoms with Crippen LogP contribution in [0, 0.1) is 0 Å². The summed E-state index contributed by atoms with van der Waals surface area (Å²) in [4.78, 5) is 12.0. The van der Waals surface area contributed by atoms with Gasteiger partial charge in [0, 0.05) is 29.8 Å². The number of nitrogens with zero attached hydrogens (tertiary/aromatic N) is 1. The number of halogens is 1.